The fraction of sp³-hybridized carbons (Fsp3) is 0.923. The number of allylic oxidation sites excluding steroid dienone is 2. The smallest absolute Gasteiger partial charge is 0.306 e. The summed E-state index contributed by atoms with van der Waals surface area (Å²) in [5, 5.41) is 0. The highest BCUT2D eigenvalue weighted by Gasteiger charge is 2.19. The molecule has 0 radical (unpaired) electrons. The maximum absolute atomic E-state index is 12.9. The van der Waals surface area contributed by atoms with Crippen LogP contribution in [0.2, 0.25) is 0 Å². The van der Waals surface area contributed by atoms with Gasteiger partial charge < -0.3 is 14.2 Å². The number of carbonyl (C=O) groups excluding carboxylic acids is 3. The first-order valence-electron chi connectivity index (χ1n) is 32.2. The maximum atomic E-state index is 12.9. The summed E-state index contributed by atoms with van der Waals surface area (Å²) in [5.41, 5.74) is 0. The Morgan fingerprint density at radius 1 is 0.268 bits per heavy atom. The largest absolute Gasteiger partial charge is 0.462 e. The molecule has 0 saturated heterocycles. The molecule has 0 rings (SSSR count). The van der Waals surface area contributed by atoms with Gasteiger partial charge in [-0.3, -0.25) is 14.4 Å². The second-order valence-corrected chi connectivity index (χ2v) is 22.0. The molecule has 71 heavy (non-hydrogen) atoms. The summed E-state index contributed by atoms with van der Waals surface area (Å²) in [7, 11) is 0. The third-order valence-corrected chi connectivity index (χ3v) is 14.8. The molecule has 0 amide bonds. The van der Waals surface area contributed by atoms with Crippen molar-refractivity contribution in [2.75, 3.05) is 13.2 Å². The van der Waals surface area contributed by atoms with Crippen LogP contribution >= 0.6 is 0 Å². The van der Waals surface area contributed by atoms with E-state index in [-0.39, 0.29) is 31.1 Å². The van der Waals surface area contributed by atoms with Crippen LogP contribution in [0.25, 0.3) is 0 Å². The Morgan fingerprint density at radius 3 is 0.746 bits per heavy atom. The van der Waals surface area contributed by atoms with E-state index in [9.17, 15) is 14.4 Å². The van der Waals surface area contributed by atoms with Gasteiger partial charge in [0.05, 0.1) is 0 Å². The highest BCUT2D eigenvalue weighted by Crippen LogP contribution is 2.18. The van der Waals surface area contributed by atoms with Gasteiger partial charge in [-0.25, -0.2) is 0 Å². The maximum Gasteiger partial charge on any atom is 0.306 e. The molecule has 0 aromatic heterocycles. The van der Waals surface area contributed by atoms with Crippen LogP contribution in [0.3, 0.4) is 0 Å². The molecule has 0 aliphatic carbocycles. The highest BCUT2D eigenvalue weighted by atomic mass is 16.6. The Labute approximate surface area is 443 Å². The monoisotopic (exact) mass is 1000 g/mol. The van der Waals surface area contributed by atoms with Gasteiger partial charge in [-0.05, 0) is 38.5 Å². The summed E-state index contributed by atoms with van der Waals surface area (Å²) >= 11 is 0. The lowest BCUT2D eigenvalue weighted by atomic mass is 10.0. The number of rotatable bonds is 60. The number of unbranched alkanes of at least 4 members (excludes halogenated alkanes) is 47. The molecular formula is C65H124O6. The molecule has 0 N–H and O–H groups in total. The molecule has 6 heteroatoms. The number of carbonyl (C=O) groups is 3. The summed E-state index contributed by atoms with van der Waals surface area (Å²) in [6.45, 7) is 6.67. The number of hydrogen-bond acceptors (Lipinski definition) is 6. The Kier molecular flexibility index (Phi) is 59.1. The van der Waals surface area contributed by atoms with Gasteiger partial charge in [0.1, 0.15) is 13.2 Å². The summed E-state index contributed by atoms with van der Waals surface area (Å²) in [6.07, 6.45) is 70.9. The second kappa shape index (κ2) is 60.7. The van der Waals surface area contributed by atoms with Crippen molar-refractivity contribution in [2.45, 2.75) is 374 Å². The quantitative estimate of drug-likeness (QED) is 0.0261. The van der Waals surface area contributed by atoms with Crippen molar-refractivity contribution in [3.8, 4) is 0 Å². The van der Waals surface area contributed by atoms with Crippen molar-refractivity contribution in [1.82, 2.24) is 0 Å². The van der Waals surface area contributed by atoms with E-state index in [0.717, 1.165) is 64.2 Å². The zero-order chi connectivity index (χ0) is 51.4. The molecule has 0 aliphatic heterocycles. The zero-order valence-corrected chi connectivity index (χ0v) is 48.3. The zero-order valence-electron chi connectivity index (χ0n) is 48.3. The van der Waals surface area contributed by atoms with Gasteiger partial charge in [0, 0.05) is 19.3 Å². The van der Waals surface area contributed by atoms with Crippen molar-refractivity contribution in [3.63, 3.8) is 0 Å². The topological polar surface area (TPSA) is 78.9 Å². The van der Waals surface area contributed by atoms with Crippen molar-refractivity contribution in [3.05, 3.63) is 12.2 Å². The van der Waals surface area contributed by atoms with E-state index in [1.54, 1.807) is 0 Å². The van der Waals surface area contributed by atoms with E-state index >= 15 is 0 Å². The average molecular weight is 1000 g/mol. The molecule has 0 aromatic carbocycles. The van der Waals surface area contributed by atoms with Crippen molar-refractivity contribution in [1.29, 1.82) is 0 Å². The fourth-order valence-electron chi connectivity index (χ4n) is 9.90. The predicted molar refractivity (Wildman–Crippen MR) is 307 cm³/mol. The molecule has 1 unspecified atom stereocenters. The predicted octanol–water partition coefficient (Wildman–Crippen LogP) is 21.7. The molecule has 0 heterocycles. The third kappa shape index (κ3) is 58.9. The summed E-state index contributed by atoms with van der Waals surface area (Å²) in [6, 6.07) is 0. The Morgan fingerprint density at radius 2 is 0.479 bits per heavy atom. The Bertz CT molecular complexity index is 1100. The summed E-state index contributed by atoms with van der Waals surface area (Å²) < 4.78 is 16.9. The second-order valence-electron chi connectivity index (χ2n) is 22.0. The summed E-state index contributed by atoms with van der Waals surface area (Å²) in [4.78, 5) is 38.2. The molecule has 0 fully saturated rings. The minimum Gasteiger partial charge on any atom is -0.462 e. The van der Waals surface area contributed by atoms with Crippen LogP contribution < -0.4 is 0 Å². The first-order valence-corrected chi connectivity index (χ1v) is 32.2. The van der Waals surface area contributed by atoms with Crippen LogP contribution in [-0.4, -0.2) is 37.2 Å². The molecule has 0 aliphatic rings. The molecule has 0 spiro atoms. The minimum atomic E-state index is -0.768. The minimum absolute atomic E-state index is 0.0662. The lowest BCUT2D eigenvalue weighted by Crippen LogP contribution is -2.30. The normalized spacial score (nSPS) is 12.0. The van der Waals surface area contributed by atoms with Crippen molar-refractivity contribution in [2.24, 2.45) is 0 Å². The van der Waals surface area contributed by atoms with Gasteiger partial charge in [0.25, 0.3) is 0 Å². The van der Waals surface area contributed by atoms with E-state index in [1.807, 2.05) is 0 Å². The number of esters is 3. The van der Waals surface area contributed by atoms with Gasteiger partial charge in [-0.2, -0.15) is 0 Å². The van der Waals surface area contributed by atoms with E-state index in [1.165, 1.54) is 263 Å². The molecular weight excluding hydrogens is 877 g/mol. The molecule has 0 aromatic rings. The van der Waals surface area contributed by atoms with Crippen molar-refractivity contribution < 1.29 is 28.6 Å². The van der Waals surface area contributed by atoms with Crippen molar-refractivity contribution >= 4 is 17.9 Å². The van der Waals surface area contributed by atoms with Gasteiger partial charge in [0.2, 0.25) is 0 Å². The van der Waals surface area contributed by atoms with Crippen LogP contribution in [0.1, 0.15) is 367 Å². The number of hydrogen-bond donors (Lipinski definition) is 0. The van der Waals surface area contributed by atoms with E-state index in [2.05, 4.69) is 32.9 Å². The Balaban J connectivity index is 4.18. The van der Waals surface area contributed by atoms with Crippen LogP contribution in [0.15, 0.2) is 12.2 Å². The van der Waals surface area contributed by atoms with Crippen LogP contribution in [0.5, 0.6) is 0 Å². The Hall–Kier alpha value is -1.85. The standard InChI is InChI=1S/C65H124O6/c1-4-7-10-13-16-19-22-24-26-28-30-31-32-33-34-35-37-38-40-43-46-49-52-55-58-64(67)70-61-62(60-69-63(66)57-54-51-48-45-42-21-18-15-12-9-6-3)71-65(68)59-56-53-50-47-44-41-39-36-29-27-25-23-20-17-14-11-8-5-2/h15,18,62H,4-14,16-17,19-61H2,1-3H3/b18-15-. The van der Waals surface area contributed by atoms with Crippen LogP contribution in [0, 0.1) is 0 Å². The first kappa shape index (κ1) is 69.2. The van der Waals surface area contributed by atoms with E-state index in [0.29, 0.717) is 19.3 Å². The molecule has 0 bridgehead atoms. The fourth-order valence-corrected chi connectivity index (χ4v) is 9.90. The number of ether oxygens (including phenoxy) is 3. The SMILES string of the molecule is CCCC/C=C\CCCCCCCC(=O)OCC(COC(=O)CCCCCCCCCCCCCCCCCCCCCCCCCC)OC(=O)CCCCCCCCCCCCCCCCCCCC. The lowest BCUT2D eigenvalue weighted by molar-refractivity contribution is -0.167. The van der Waals surface area contributed by atoms with Crippen LogP contribution in [0.4, 0.5) is 0 Å². The molecule has 1 atom stereocenters. The van der Waals surface area contributed by atoms with Gasteiger partial charge in [-0.1, -0.05) is 322 Å². The molecule has 6 nitrogen and oxygen atoms in total. The highest BCUT2D eigenvalue weighted by molar-refractivity contribution is 5.71. The van der Waals surface area contributed by atoms with E-state index in [4.69, 9.17) is 14.2 Å². The van der Waals surface area contributed by atoms with Gasteiger partial charge in [0.15, 0.2) is 6.10 Å². The average Bonchev–Trinajstić information content (AvgIpc) is 3.37. The van der Waals surface area contributed by atoms with Gasteiger partial charge in [-0.15, -0.1) is 0 Å². The lowest BCUT2D eigenvalue weighted by Gasteiger charge is -2.18. The molecule has 0 saturated carbocycles. The third-order valence-electron chi connectivity index (χ3n) is 14.8. The van der Waals surface area contributed by atoms with E-state index < -0.39 is 6.10 Å². The molecule has 420 valence electrons. The first-order chi connectivity index (χ1) is 35.0. The van der Waals surface area contributed by atoms with Crippen LogP contribution in [-0.2, 0) is 28.6 Å². The van der Waals surface area contributed by atoms with Gasteiger partial charge >= 0.3 is 17.9 Å². The summed E-state index contributed by atoms with van der Waals surface area (Å²) in [5.74, 6) is -0.847.